The number of benzene rings is 2. The van der Waals surface area contributed by atoms with Crippen LogP contribution in [-0.4, -0.2) is 67.8 Å². The van der Waals surface area contributed by atoms with Gasteiger partial charge in [0.15, 0.2) is 0 Å². The molecule has 7 atom stereocenters. The van der Waals surface area contributed by atoms with Crippen molar-refractivity contribution < 1.29 is 39.4 Å². The van der Waals surface area contributed by atoms with Crippen molar-refractivity contribution in [1.82, 2.24) is 0 Å². The molecule has 0 spiro atoms. The van der Waals surface area contributed by atoms with Crippen molar-refractivity contribution in [2.75, 3.05) is 6.61 Å². The van der Waals surface area contributed by atoms with Crippen LogP contribution in [0.5, 0.6) is 0 Å². The van der Waals surface area contributed by atoms with E-state index in [1.54, 1.807) is 30.3 Å². The van der Waals surface area contributed by atoms with E-state index in [0.29, 0.717) is 17.5 Å². The highest BCUT2D eigenvalue weighted by molar-refractivity contribution is 5.19. The van der Waals surface area contributed by atoms with E-state index in [1.165, 1.54) is 18.2 Å². The van der Waals surface area contributed by atoms with Gasteiger partial charge in [0.05, 0.1) is 12.7 Å². The van der Waals surface area contributed by atoms with Gasteiger partial charge in [0.25, 0.3) is 0 Å². The van der Waals surface area contributed by atoms with E-state index >= 15 is 0 Å². The summed E-state index contributed by atoms with van der Waals surface area (Å²) in [5, 5.41) is 59.8. The predicted molar refractivity (Wildman–Crippen MR) is 115 cm³/mol. The van der Waals surface area contributed by atoms with Crippen molar-refractivity contribution in [2.24, 2.45) is 11.8 Å². The van der Waals surface area contributed by atoms with Gasteiger partial charge in [-0.05, 0) is 54.4 Å². The number of hydrogen-bond donors (Lipinski definition) is 6. The molecular formula is C24H32F2O6. The molecule has 3 unspecified atom stereocenters. The molecule has 2 aromatic carbocycles. The standard InChI is InChI=1S/C24H32F2O6/c1-14(10-15-6-2-4-8-18(15)25)11-17(12-16-7-3-5-9-19(16)26)21(29)23(31)24(32)22(30)20(28)13-27/h2-9,14,17,20-24,27-32H,10-13H2,1H3/t14?,17?,20-,21?,22+,23+,24-/m0/s1. The van der Waals surface area contributed by atoms with Crippen LogP contribution in [-0.2, 0) is 12.8 Å². The fourth-order valence-corrected chi connectivity index (χ4v) is 3.95. The lowest BCUT2D eigenvalue weighted by Gasteiger charge is -2.33. The van der Waals surface area contributed by atoms with Gasteiger partial charge < -0.3 is 30.6 Å². The molecule has 0 aromatic heterocycles. The lowest BCUT2D eigenvalue weighted by atomic mass is 9.80. The molecule has 0 radical (unpaired) electrons. The van der Waals surface area contributed by atoms with Gasteiger partial charge in [-0.15, -0.1) is 0 Å². The number of aliphatic hydroxyl groups is 6. The van der Waals surface area contributed by atoms with E-state index in [0.717, 1.165) is 0 Å². The first-order valence-electron chi connectivity index (χ1n) is 10.6. The Morgan fingerprint density at radius 1 is 0.688 bits per heavy atom. The Morgan fingerprint density at radius 3 is 1.66 bits per heavy atom. The van der Waals surface area contributed by atoms with Gasteiger partial charge in [0.1, 0.15) is 36.1 Å². The maximum absolute atomic E-state index is 14.2. The Labute approximate surface area is 186 Å². The van der Waals surface area contributed by atoms with Crippen molar-refractivity contribution >= 4 is 0 Å². The molecular weight excluding hydrogens is 422 g/mol. The summed E-state index contributed by atoms with van der Waals surface area (Å²) >= 11 is 0. The van der Waals surface area contributed by atoms with Gasteiger partial charge in [0, 0.05) is 0 Å². The monoisotopic (exact) mass is 454 g/mol. The zero-order valence-corrected chi connectivity index (χ0v) is 17.9. The summed E-state index contributed by atoms with van der Waals surface area (Å²) in [6.07, 6.45) is -8.39. The number of rotatable bonds is 12. The molecule has 0 aliphatic heterocycles. The van der Waals surface area contributed by atoms with Crippen LogP contribution >= 0.6 is 0 Å². The highest BCUT2D eigenvalue weighted by Gasteiger charge is 2.38. The quantitative estimate of drug-likeness (QED) is 0.287. The molecule has 0 saturated carbocycles. The average molecular weight is 455 g/mol. The summed E-state index contributed by atoms with van der Waals surface area (Å²) in [7, 11) is 0. The lowest BCUT2D eigenvalue weighted by molar-refractivity contribution is -0.149. The Bertz CT molecular complexity index is 836. The van der Waals surface area contributed by atoms with Crippen LogP contribution in [0.4, 0.5) is 8.78 Å². The smallest absolute Gasteiger partial charge is 0.126 e. The van der Waals surface area contributed by atoms with Crippen LogP contribution in [0.2, 0.25) is 0 Å². The van der Waals surface area contributed by atoms with Crippen LogP contribution in [0, 0.1) is 23.5 Å². The molecule has 0 amide bonds. The fraction of sp³-hybridized carbons (Fsp3) is 0.500. The zero-order valence-electron chi connectivity index (χ0n) is 17.9. The average Bonchev–Trinajstić information content (AvgIpc) is 2.79. The zero-order chi connectivity index (χ0) is 23.8. The molecule has 0 fully saturated rings. The van der Waals surface area contributed by atoms with E-state index in [-0.39, 0.29) is 24.6 Å². The third-order valence-electron chi connectivity index (χ3n) is 5.79. The third kappa shape index (κ3) is 7.03. The van der Waals surface area contributed by atoms with Gasteiger partial charge in [-0.25, -0.2) is 8.78 Å². The van der Waals surface area contributed by atoms with Crippen LogP contribution in [0.3, 0.4) is 0 Å². The minimum absolute atomic E-state index is 0.0257. The highest BCUT2D eigenvalue weighted by Crippen LogP contribution is 2.28. The van der Waals surface area contributed by atoms with Crippen molar-refractivity contribution in [3.63, 3.8) is 0 Å². The summed E-state index contributed by atoms with van der Waals surface area (Å²) in [4.78, 5) is 0. The van der Waals surface area contributed by atoms with Crippen LogP contribution in [0.15, 0.2) is 48.5 Å². The molecule has 0 aliphatic rings. The Morgan fingerprint density at radius 2 is 1.16 bits per heavy atom. The Kier molecular flexibility index (Phi) is 10.1. The Hall–Kier alpha value is -1.94. The maximum Gasteiger partial charge on any atom is 0.126 e. The molecule has 32 heavy (non-hydrogen) atoms. The third-order valence-corrected chi connectivity index (χ3v) is 5.79. The van der Waals surface area contributed by atoms with Gasteiger partial charge in [-0.2, -0.15) is 0 Å². The summed E-state index contributed by atoms with van der Waals surface area (Å²) in [6, 6.07) is 12.3. The minimum Gasteiger partial charge on any atom is -0.394 e. The number of hydrogen-bond acceptors (Lipinski definition) is 6. The summed E-state index contributed by atoms with van der Waals surface area (Å²) < 4.78 is 28.3. The normalized spacial score (nSPS) is 18.4. The predicted octanol–water partition coefficient (Wildman–Crippen LogP) is 1.19. The topological polar surface area (TPSA) is 121 Å². The fourth-order valence-electron chi connectivity index (χ4n) is 3.95. The second-order valence-corrected chi connectivity index (χ2v) is 8.40. The van der Waals surface area contributed by atoms with Crippen molar-refractivity contribution in [1.29, 1.82) is 0 Å². The van der Waals surface area contributed by atoms with Crippen molar-refractivity contribution in [3.05, 3.63) is 71.3 Å². The van der Waals surface area contributed by atoms with Crippen LogP contribution in [0.25, 0.3) is 0 Å². The highest BCUT2D eigenvalue weighted by atomic mass is 19.1. The lowest BCUT2D eigenvalue weighted by Crippen LogP contribution is -2.52. The van der Waals surface area contributed by atoms with Crippen LogP contribution in [0.1, 0.15) is 24.5 Å². The van der Waals surface area contributed by atoms with Crippen LogP contribution < -0.4 is 0 Å². The van der Waals surface area contributed by atoms with E-state index in [2.05, 4.69) is 0 Å². The maximum atomic E-state index is 14.2. The van der Waals surface area contributed by atoms with Crippen molar-refractivity contribution in [3.8, 4) is 0 Å². The van der Waals surface area contributed by atoms with E-state index in [1.807, 2.05) is 6.92 Å². The molecule has 0 heterocycles. The molecule has 0 saturated heterocycles. The summed E-state index contributed by atoms with van der Waals surface area (Å²) in [5.74, 6) is -1.77. The first-order valence-corrected chi connectivity index (χ1v) is 10.6. The number of aliphatic hydroxyl groups excluding tert-OH is 6. The van der Waals surface area contributed by atoms with E-state index < -0.39 is 48.9 Å². The second-order valence-electron chi connectivity index (χ2n) is 8.40. The van der Waals surface area contributed by atoms with E-state index in [9.17, 15) is 34.3 Å². The molecule has 2 aromatic rings. The number of halogens is 2. The molecule has 178 valence electrons. The van der Waals surface area contributed by atoms with Gasteiger partial charge in [-0.1, -0.05) is 43.3 Å². The van der Waals surface area contributed by atoms with E-state index in [4.69, 9.17) is 5.11 Å². The SMILES string of the molecule is CC(Cc1ccccc1F)CC(Cc1ccccc1F)C(O)[C@@H](O)[C@@H](O)[C@H](O)[C@@H](O)CO. The molecule has 6 N–H and O–H groups in total. The molecule has 2 rings (SSSR count). The van der Waals surface area contributed by atoms with Crippen molar-refractivity contribution in [2.45, 2.75) is 56.7 Å². The molecule has 0 aliphatic carbocycles. The first kappa shape index (κ1) is 26.3. The second kappa shape index (κ2) is 12.3. The Balaban J connectivity index is 2.21. The molecule has 0 bridgehead atoms. The largest absolute Gasteiger partial charge is 0.394 e. The molecule has 6 nitrogen and oxygen atoms in total. The molecule has 8 heteroatoms. The van der Waals surface area contributed by atoms with Gasteiger partial charge >= 0.3 is 0 Å². The van der Waals surface area contributed by atoms with Gasteiger partial charge in [0.2, 0.25) is 0 Å². The first-order chi connectivity index (χ1) is 15.1. The minimum atomic E-state index is -1.95. The summed E-state index contributed by atoms with van der Waals surface area (Å²) in [5.41, 5.74) is 0.786. The summed E-state index contributed by atoms with van der Waals surface area (Å²) in [6.45, 7) is 0.986. The van der Waals surface area contributed by atoms with Gasteiger partial charge in [-0.3, -0.25) is 0 Å².